The number of aryl methyl sites for hydroxylation is 1. The van der Waals surface area contributed by atoms with Crippen molar-refractivity contribution in [2.75, 3.05) is 33.4 Å². The Morgan fingerprint density at radius 1 is 1.29 bits per heavy atom. The van der Waals surface area contributed by atoms with E-state index in [0.717, 1.165) is 29.9 Å². The maximum Gasteiger partial charge on any atom is 0.240 e. The Hall–Kier alpha value is -1.92. The predicted octanol–water partition coefficient (Wildman–Crippen LogP) is 0.697. The van der Waals surface area contributed by atoms with E-state index in [-0.39, 0.29) is 5.91 Å². The molecule has 1 aromatic heterocycles. The van der Waals surface area contributed by atoms with Crippen LogP contribution in [0.1, 0.15) is 5.82 Å². The highest BCUT2D eigenvalue weighted by Crippen LogP contribution is 2.14. The molecule has 0 bridgehead atoms. The number of fused-ring (bicyclic) bond motifs is 1. The van der Waals surface area contributed by atoms with Crippen LogP contribution in [0.15, 0.2) is 24.3 Å². The third kappa shape index (κ3) is 4.27. The molecule has 2 N–H and O–H groups in total. The third-order valence-electron chi connectivity index (χ3n) is 3.25. The lowest BCUT2D eigenvalue weighted by Gasteiger charge is -2.09. The normalized spacial score (nSPS) is 11.0. The minimum Gasteiger partial charge on any atom is -0.383 e. The van der Waals surface area contributed by atoms with Gasteiger partial charge in [0.05, 0.1) is 17.6 Å². The number of hydrogen-bond acceptors (Lipinski definition) is 4. The standard InChI is InChI=1S/C15H22N4O2/c1-12-18-13-5-3-4-6-14(13)19(12)11-15(20)17-8-7-16-9-10-21-2/h3-6,16H,7-11H2,1-2H3,(H,17,20). The molecule has 114 valence electrons. The first-order valence-electron chi connectivity index (χ1n) is 7.10. The fourth-order valence-corrected chi connectivity index (χ4v) is 2.18. The van der Waals surface area contributed by atoms with Crippen molar-refractivity contribution in [1.29, 1.82) is 0 Å². The molecule has 1 aromatic carbocycles. The van der Waals surface area contributed by atoms with Gasteiger partial charge in [0.15, 0.2) is 0 Å². The molecule has 1 heterocycles. The van der Waals surface area contributed by atoms with Crippen molar-refractivity contribution >= 4 is 16.9 Å². The van der Waals surface area contributed by atoms with Crippen LogP contribution in [0.3, 0.4) is 0 Å². The number of methoxy groups -OCH3 is 1. The second-order valence-electron chi connectivity index (χ2n) is 4.83. The first kappa shape index (κ1) is 15.5. The van der Waals surface area contributed by atoms with Crippen molar-refractivity contribution in [1.82, 2.24) is 20.2 Å². The monoisotopic (exact) mass is 290 g/mol. The molecule has 0 fully saturated rings. The highest BCUT2D eigenvalue weighted by Gasteiger charge is 2.09. The lowest BCUT2D eigenvalue weighted by atomic mass is 10.3. The molecule has 0 aliphatic carbocycles. The van der Waals surface area contributed by atoms with E-state index in [2.05, 4.69) is 15.6 Å². The molecule has 0 radical (unpaired) electrons. The summed E-state index contributed by atoms with van der Waals surface area (Å²) in [5.41, 5.74) is 1.91. The Labute approximate surface area is 124 Å². The summed E-state index contributed by atoms with van der Waals surface area (Å²) in [6.07, 6.45) is 0. The SMILES string of the molecule is COCCNCCNC(=O)Cn1c(C)nc2ccccc21. The van der Waals surface area contributed by atoms with Crippen molar-refractivity contribution in [2.45, 2.75) is 13.5 Å². The Bertz CT molecular complexity index is 594. The Kier molecular flexibility index (Phi) is 5.71. The zero-order valence-corrected chi connectivity index (χ0v) is 12.6. The fraction of sp³-hybridized carbons (Fsp3) is 0.467. The smallest absolute Gasteiger partial charge is 0.240 e. The molecule has 0 spiro atoms. The molecule has 0 saturated heterocycles. The van der Waals surface area contributed by atoms with Crippen LogP contribution in [-0.2, 0) is 16.1 Å². The summed E-state index contributed by atoms with van der Waals surface area (Å²) in [6.45, 7) is 5.02. The van der Waals surface area contributed by atoms with Gasteiger partial charge in [-0.2, -0.15) is 0 Å². The average Bonchev–Trinajstić information content (AvgIpc) is 2.79. The highest BCUT2D eigenvalue weighted by atomic mass is 16.5. The molecule has 0 atom stereocenters. The van der Waals surface area contributed by atoms with Gasteiger partial charge in [-0.05, 0) is 19.1 Å². The second-order valence-corrected chi connectivity index (χ2v) is 4.83. The number of nitrogens with one attached hydrogen (secondary N) is 2. The lowest BCUT2D eigenvalue weighted by molar-refractivity contribution is -0.121. The molecule has 1 amide bonds. The number of para-hydroxylation sites is 2. The van der Waals surface area contributed by atoms with Crippen LogP contribution in [0.4, 0.5) is 0 Å². The van der Waals surface area contributed by atoms with E-state index in [0.29, 0.717) is 19.7 Å². The number of nitrogens with zero attached hydrogens (tertiary/aromatic N) is 2. The molecule has 6 heteroatoms. The number of hydrogen-bond donors (Lipinski definition) is 2. The Balaban J connectivity index is 1.83. The van der Waals surface area contributed by atoms with Gasteiger partial charge < -0.3 is 19.9 Å². The molecule has 0 unspecified atom stereocenters. The van der Waals surface area contributed by atoms with E-state index in [9.17, 15) is 4.79 Å². The number of imidazole rings is 1. The summed E-state index contributed by atoms with van der Waals surface area (Å²) in [5.74, 6) is 0.847. The lowest BCUT2D eigenvalue weighted by Crippen LogP contribution is -2.35. The number of ether oxygens (including phenoxy) is 1. The van der Waals surface area contributed by atoms with E-state index in [4.69, 9.17) is 4.74 Å². The molecule has 6 nitrogen and oxygen atoms in total. The van der Waals surface area contributed by atoms with Gasteiger partial charge in [-0.3, -0.25) is 4.79 Å². The molecular weight excluding hydrogens is 268 g/mol. The highest BCUT2D eigenvalue weighted by molar-refractivity contribution is 5.81. The molecule has 2 aromatic rings. The number of carbonyl (C=O) groups excluding carboxylic acids is 1. The molecule has 21 heavy (non-hydrogen) atoms. The van der Waals surface area contributed by atoms with Gasteiger partial charge in [0.25, 0.3) is 0 Å². The zero-order chi connectivity index (χ0) is 15.1. The summed E-state index contributed by atoms with van der Waals surface area (Å²) >= 11 is 0. The number of benzene rings is 1. The minimum atomic E-state index is -0.00482. The number of rotatable bonds is 8. The topological polar surface area (TPSA) is 68.2 Å². The number of carbonyl (C=O) groups is 1. The van der Waals surface area contributed by atoms with Gasteiger partial charge in [-0.25, -0.2) is 4.98 Å². The number of aromatic nitrogens is 2. The Morgan fingerprint density at radius 3 is 2.90 bits per heavy atom. The van der Waals surface area contributed by atoms with Gasteiger partial charge in [0.1, 0.15) is 12.4 Å². The van der Waals surface area contributed by atoms with Crippen LogP contribution in [0.2, 0.25) is 0 Å². The molecule has 0 aliphatic heterocycles. The molecule has 0 saturated carbocycles. The summed E-state index contributed by atoms with van der Waals surface area (Å²) < 4.78 is 6.87. The van der Waals surface area contributed by atoms with E-state index < -0.39 is 0 Å². The van der Waals surface area contributed by atoms with Gasteiger partial charge in [0.2, 0.25) is 5.91 Å². The summed E-state index contributed by atoms with van der Waals surface area (Å²) in [6, 6.07) is 7.84. The third-order valence-corrected chi connectivity index (χ3v) is 3.25. The summed E-state index contributed by atoms with van der Waals surface area (Å²) in [5, 5.41) is 6.08. The molecule has 0 aliphatic rings. The largest absolute Gasteiger partial charge is 0.383 e. The zero-order valence-electron chi connectivity index (χ0n) is 12.6. The predicted molar refractivity (Wildman–Crippen MR) is 82.2 cm³/mol. The van der Waals surface area contributed by atoms with E-state index in [1.165, 1.54) is 0 Å². The molecular formula is C15H22N4O2. The second kappa shape index (κ2) is 7.75. The van der Waals surface area contributed by atoms with E-state index >= 15 is 0 Å². The maximum absolute atomic E-state index is 12.0. The van der Waals surface area contributed by atoms with Gasteiger partial charge in [0, 0.05) is 26.7 Å². The van der Waals surface area contributed by atoms with Crippen LogP contribution in [0, 0.1) is 6.92 Å². The van der Waals surface area contributed by atoms with E-state index in [1.807, 2.05) is 35.8 Å². The summed E-state index contributed by atoms with van der Waals surface area (Å²) in [4.78, 5) is 16.4. The molecule has 2 rings (SSSR count). The van der Waals surface area contributed by atoms with Gasteiger partial charge in [-0.1, -0.05) is 12.1 Å². The van der Waals surface area contributed by atoms with Crippen molar-refractivity contribution in [3.63, 3.8) is 0 Å². The van der Waals surface area contributed by atoms with Crippen LogP contribution in [0.25, 0.3) is 11.0 Å². The van der Waals surface area contributed by atoms with E-state index in [1.54, 1.807) is 7.11 Å². The fourth-order valence-electron chi connectivity index (χ4n) is 2.18. The minimum absolute atomic E-state index is 0.00482. The quantitative estimate of drug-likeness (QED) is 0.702. The first-order chi connectivity index (χ1) is 10.2. The van der Waals surface area contributed by atoms with Crippen molar-refractivity contribution in [3.05, 3.63) is 30.1 Å². The average molecular weight is 290 g/mol. The van der Waals surface area contributed by atoms with Crippen molar-refractivity contribution in [2.24, 2.45) is 0 Å². The first-order valence-corrected chi connectivity index (χ1v) is 7.10. The van der Waals surface area contributed by atoms with Crippen molar-refractivity contribution in [3.8, 4) is 0 Å². The number of amides is 1. The van der Waals surface area contributed by atoms with Crippen LogP contribution in [0.5, 0.6) is 0 Å². The van der Waals surface area contributed by atoms with Gasteiger partial charge in [-0.15, -0.1) is 0 Å². The Morgan fingerprint density at radius 2 is 2.10 bits per heavy atom. The maximum atomic E-state index is 12.0. The van der Waals surface area contributed by atoms with Crippen molar-refractivity contribution < 1.29 is 9.53 Å². The van der Waals surface area contributed by atoms with Crippen LogP contribution < -0.4 is 10.6 Å². The van der Waals surface area contributed by atoms with Crippen LogP contribution >= 0.6 is 0 Å². The summed E-state index contributed by atoms with van der Waals surface area (Å²) in [7, 11) is 1.67. The van der Waals surface area contributed by atoms with Gasteiger partial charge >= 0.3 is 0 Å². The van der Waals surface area contributed by atoms with Crippen LogP contribution in [-0.4, -0.2) is 48.8 Å².